The molecule has 4 aliphatic carbocycles. The minimum Gasteiger partial charge on any atom is -0.300 e. The molecule has 1 nitrogen and oxygen atoms in total. The van der Waals surface area contributed by atoms with Gasteiger partial charge in [-0.25, -0.2) is 0 Å². The van der Waals surface area contributed by atoms with Crippen molar-refractivity contribution < 1.29 is 4.79 Å². The quantitative estimate of drug-likeness (QED) is 0.530. The molecule has 25 heavy (non-hydrogen) atoms. The highest BCUT2D eigenvalue weighted by atomic mass is 16.1. The molecule has 0 amide bonds. The summed E-state index contributed by atoms with van der Waals surface area (Å²) in [4.78, 5) is 12.3. The lowest BCUT2D eigenvalue weighted by Crippen LogP contribution is -2.53. The van der Waals surface area contributed by atoms with Crippen LogP contribution in [0.1, 0.15) is 92.4 Å². The normalized spacial score (nSPS) is 55.6. The summed E-state index contributed by atoms with van der Waals surface area (Å²) >= 11 is 0. The zero-order valence-corrected chi connectivity index (χ0v) is 17.3. The van der Waals surface area contributed by atoms with Crippen molar-refractivity contribution in [2.45, 2.75) is 92.4 Å². The molecule has 0 N–H and O–H groups in total. The standard InChI is InChI=1S/C24H40O/c1-15-10-12-23(4)19(16(2)14-15)7-6-18-21-9-8-20(17(3)25)24(21,5)13-11-22(18)23/h15-16,18-22H,6-14H2,1-5H3. The molecule has 1 heteroatoms. The highest BCUT2D eigenvalue weighted by Gasteiger charge is 2.60. The highest BCUT2D eigenvalue weighted by Crippen LogP contribution is 2.67. The van der Waals surface area contributed by atoms with E-state index in [1.165, 1.54) is 57.8 Å². The van der Waals surface area contributed by atoms with Crippen molar-refractivity contribution in [3.05, 3.63) is 0 Å². The molecular formula is C24H40O. The number of carbonyl (C=O) groups excluding carboxylic acids is 1. The van der Waals surface area contributed by atoms with Gasteiger partial charge in [0.05, 0.1) is 0 Å². The lowest BCUT2D eigenvalue weighted by atomic mass is 9.45. The fraction of sp³-hybridized carbons (Fsp3) is 0.958. The van der Waals surface area contributed by atoms with Crippen molar-refractivity contribution in [1.29, 1.82) is 0 Å². The Morgan fingerprint density at radius 2 is 1.44 bits per heavy atom. The lowest BCUT2D eigenvalue weighted by molar-refractivity contribution is -0.132. The number of Topliss-reactive ketones (excluding diaryl/α,β-unsaturated/α-hetero) is 1. The zero-order chi connectivity index (χ0) is 18.0. The lowest BCUT2D eigenvalue weighted by Gasteiger charge is -2.59. The Kier molecular flexibility index (Phi) is 4.40. The molecule has 9 atom stereocenters. The van der Waals surface area contributed by atoms with Gasteiger partial charge in [-0.2, -0.15) is 0 Å². The first-order chi connectivity index (χ1) is 11.8. The monoisotopic (exact) mass is 344 g/mol. The first-order valence-corrected chi connectivity index (χ1v) is 11.3. The molecule has 0 spiro atoms. The van der Waals surface area contributed by atoms with Gasteiger partial charge in [-0.05, 0) is 105 Å². The van der Waals surface area contributed by atoms with Gasteiger partial charge in [0.15, 0.2) is 0 Å². The molecule has 4 fully saturated rings. The zero-order valence-electron chi connectivity index (χ0n) is 17.3. The van der Waals surface area contributed by atoms with Gasteiger partial charge in [-0.3, -0.25) is 4.79 Å². The maximum absolute atomic E-state index is 12.3. The van der Waals surface area contributed by atoms with E-state index in [0.717, 1.165) is 35.5 Å². The van der Waals surface area contributed by atoms with Gasteiger partial charge in [0, 0.05) is 5.92 Å². The van der Waals surface area contributed by atoms with Crippen molar-refractivity contribution in [2.24, 2.45) is 52.3 Å². The minimum atomic E-state index is 0.319. The van der Waals surface area contributed by atoms with Gasteiger partial charge in [-0.15, -0.1) is 0 Å². The molecule has 0 aliphatic heterocycles. The smallest absolute Gasteiger partial charge is 0.133 e. The van der Waals surface area contributed by atoms with E-state index in [1.54, 1.807) is 0 Å². The SMILES string of the molecule is CC(=O)C1CCC2C3CCC4C(C)CC(C)CCC4(C)C3CCC12C. The molecule has 0 aromatic carbocycles. The van der Waals surface area contributed by atoms with Crippen LogP contribution in [-0.2, 0) is 4.79 Å². The molecule has 0 aromatic rings. The molecule has 9 unspecified atom stereocenters. The van der Waals surface area contributed by atoms with Crippen molar-refractivity contribution in [1.82, 2.24) is 0 Å². The first-order valence-electron chi connectivity index (χ1n) is 11.3. The summed E-state index contributed by atoms with van der Waals surface area (Å²) in [5.41, 5.74) is 0.891. The van der Waals surface area contributed by atoms with Crippen LogP contribution in [0.5, 0.6) is 0 Å². The molecule has 0 aromatic heterocycles. The van der Waals surface area contributed by atoms with Gasteiger partial charge < -0.3 is 0 Å². The summed E-state index contributed by atoms with van der Waals surface area (Å²) in [6, 6.07) is 0. The first kappa shape index (κ1) is 18.1. The second-order valence-corrected chi connectivity index (χ2v) is 11.2. The van der Waals surface area contributed by atoms with Crippen LogP contribution in [0.15, 0.2) is 0 Å². The third-order valence-corrected chi connectivity index (χ3v) is 10.1. The Morgan fingerprint density at radius 3 is 2.16 bits per heavy atom. The Balaban J connectivity index is 1.64. The summed E-state index contributed by atoms with van der Waals surface area (Å²) < 4.78 is 0. The van der Waals surface area contributed by atoms with Crippen LogP contribution >= 0.6 is 0 Å². The number of hydrogen-bond acceptors (Lipinski definition) is 1. The Morgan fingerprint density at radius 1 is 0.800 bits per heavy atom. The van der Waals surface area contributed by atoms with E-state index in [9.17, 15) is 4.79 Å². The van der Waals surface area contributed by atoms with E-state index in [-0.39, 0.29) is 0 Å². The predicted molar refractivity (Wildman–Crippen MR) is 104 cm³/mol. The minimum absolute atomic E-state index is 0.319. The fourth-order valence-electron chi connectivity index (χ4n) is 8.93. The van der Waals surface area contributed by atoms with Gasteiger partial charge in [0.2, 0.25) is 0 Å². The summed E-state index contributed by atoms with van der Waals surface area (Å²) in [7, 11) is 0. The van der Waals surface area contributed by atoms with Gasteiger partial charge in [-0.1, -0.05) is 34.1 Å². The van der Waals surface area contributed by atoms with E-state index in [2.05, 4.69) is 27.7 Å². The Labute approximate surface area is 155 Å². The second kappa shape index (κ2) is 6.10. The number of hydrogen-bond donors (Lipinski definition) is 0. The van der Waals surface area contributed by atoms with E-state index >= 15 is 0 Å². The van der Waals surface area contributed by atoms with Crippen LogP contribution in [0.3, 0.4) is 0 Å². The van der Waals surface area contributed by atoms with Crippen molar-refractivity contribution in [3.63, 3.8) is 0 Å². The van der Waals surface area contributed by atoms with Crippen LogP contribution in [0.25, 0.3) is 0 Å². The van der Waals surface area contributed by atoms with E-state index < -0.39 is 0 Å². The van der Waals surface area contributed by atoms with Crippen molar-refractivity contribution in [2.75, 3.05) is 0 Å². The number of rotatable bonds is 1. The van der Waals surface area contributed by atoms with Crippen LogP contribution in [0.2, 0.25) is 0 Å². The summed E-state index contributed by atoms with van der Waals surface area (Å²) in [6.07, 6.45) is 12.5. The van der Waals surface area contributed by atoms with Gasteiger partial charge >= 0.3 is 0 Å². The maximum atomic E-state index is 12.3. The molecule has 4 aliphatic rings. The molecular weight excluding hydrogens is 304 g/mol. The highest BCUT2D eigenvalue weighted by molar-refractivity contribution is 5.79. The van der Waals surface area contributed by atoms with Gasteiger partial charge in [0.25, 0.3) is 0 Å². The van der Waals surface area contributed by atoms with Gasteiger partial charge in [0.1, 0.15) is 5.78 Å². The Hall–Kier alpha value is -0.330. The van der Waals surface area contributed by atoms with Crippen LogP contribution in [-0.4, -0.2) is 5.78 Å². The van der Waals surface area contributed by atoms with E-state index in [4.69, 9.17) is 0 Å². The van der Waals surface area contributed by atoms with Crippen molar-refractivity contribution >= 4 is 5.78 Å². The molecule has 0 heterocycles. The second-order valence-electron chi connectivity index (χ2n) is 11.2. The maximum Gasteiger partial charge on any atom is 0.133 e. The molecule has 4 saturated carbocycles. The summed E-state index contributed by atoms with van der Waals surface area (Å²) in [5.74, 6) is 6.27. The molecule has 0 bridgehead atoms. The molecule has 0 radical (unpaired) electrons. The number of ketones is 1. The molecule has 4 rings (SSSR count). The van der Waals surface area contributed by atoms with Crippen LogP contribution in [0, 0.1) is 52.3 Å². The van der Waals surface area contributed by atoms with E-state index in [1.807, 2.05) is 6.92 Å². The predicted octanol–water partition coefficient (Wildman–Crippen LogP) is 6.51. The van der Waals surface area contributed by atoms with Crippen molar-refractivity contribution in [3.8, 4) is 0 Å². The third kappa shape index (κ3) is 2.58. The van der Waals surface area contributed by atoms with Crippen LogP contribution in [0.4, 0.5) is 0 Å². The summed E-state index contributed by atoms with van der Waals surface area (Å²) in [5, 5.41) is 0. The fourth-order valence-corrected chi connectivity index (χ4v) is 8.93. The third-order valence-electron chi connectivity index (χ3n) is 10.1. The van der Waals surface area contributed by atoms with Crippen LogP contribution < -0.4 is 0 Å². The average Bonchev–Trinajstić information content (AvgIpc) is 2.85. The summed E-state index contributed by atoms with van der Waals surface area (Å²) in [6.45, 7) is 12.1. The largest absolute Gasteiger partial charge is 0.300 e. The average molecular weight is 345 g/mol. The molecule has 0 saturated heterocycles. The Bertz CT molecular complexity index is 538. The number of carbonyl (C=O) groups is 1. The van der Waals surface area contributed by atoms with E-state index in [0.29, 0.717) is 22.5 Å². The topological polar surface area (TPSA) is 17.1 Å². The number of fused-ring (bicyclic) bond motifs is 5. The molecule has 142 valence electrons.